The fourth-order valence-electron chi connectivity index (χ4n) is 12.3. The summed E-state index contributed by atoms with van der Waals surface area (Å²) in [6.45, 7) is 8.62. The maximum absolute atomic E-state index is 14.1. The normalized spacial score (nSPS) is 16.1. The van der Waals surface area contributed by atoms with Gasteiger partial charge in [-0.2, -0.15) is 0 Å². The molecule has 11 rings (SSSR count). The number of amides is 6. The Morgan fingerprint density at radius 1 is 0.515 bits per heavy atom. The van der Waals surface area contributed by atoms with E-state index in [1.165, 1.54) is 61.9 Å². The Labute approximate surface area is 569 Å². The Hall–Kier alpha value is -11.1. The lowest BCUT2D eigenvalue weighted by molar-refractivity contribution is -0.174. The molecule has 8 heterocycles. The Morgan fingerprint density at radius 3 is 1.28 bits per heavy atom. The second-order valence-electron chi connectivity index (χ2n) is 26.2. The Morgan fingerprint density at radius 2 is 0.889 bits per heavy atom. The minimum Gasteiger partial charge on any atom is -0.457 e. The SMILES string of the molecule is CC[C@@]1(OC(=O)N(C)CCN(C)C(=O)OCc2cc(C)cc(COC(=O)N(C)CCN(C)C(=O)O[C@]3(CC)C(=O)OCc4c3cc3n(c4=O)Cc4cc5ccccc5nc4-3)c2OC(=O)N(C)CCN(C)C(=O)OC(C)(C)C)C(=O)OCc2c1cc1n(c2=O)Cc2cc3ccccc3nc2-1. The first-order valence-corrected chi connectivity index (χ1v) is 32.4. The highest BCUT2D eigenvalue weighted by Gasteiger charge is 2.53. The van der Waals surface area contributed by atoms with E-state index in [9.17, 15) is 47.9 Å². The van der Waals surface area contributed by atoms with Crippen LogP contribution in [-0.4, -0.2) is 184 Å². The van der Waals surface area contributed by atoms with E-state index in [0.717, 1.165) is 42.7 Å². The van der Waals surface area contributed by atoms with E-state index in [1.54, 1.807) is 74.9 Å². The van der Waals surface area contributed by atoms with Crippen molar-refractivity contribution in [2.24, 2.45) is 0 Å². The third kappa shape index (κ3) is 13.6. The zero-order valence-corrected chi connectivity index (χ0v) is 57.3. The lowest BCUT2D eigenvalue weighted by Gasteiger charge is -2.36. The minimum atomic E-state index is -2.00. The topological polar surface area (TPSA) is 300 Å². The summed E-state index contributed by atoms with van der Waals surface area (Å²) in [6, 6.07) is 25.6. The number of likely N-dealkylation sites (N-methyl/N-ethyl adjacent to an activating group) is 6. The molecular weight excluding hydrogens is 1280 g/mol. The summed E-state index contributed by atoms with van der Waals surface area (Å²) in [5, 5.41) is 1.80. The van der Waals surface area contributed by atoms with E-state index in [1.807, 2.05) is 60.7 Å². The van der Waals surface area contributed by atoms with E-state index >= 15 is 0 Å². The van der Waals surface area contributed by atoms with Crippen molar-refractivity contribution in [3.8, 4) is 28.5 Å². The molecule has 0 unspecified atom stereocenters. The standard InChI is InChI=1S/C71H78N10O18/c1-13-70(50-33-54-56-44(31-42-19-15-17-21-52(42)72-56)35-80(54)59(82)48(50)39-92-61(70)84)98-67(90)78(11)26-23-74(7)63(86)94-37-46-29-41(3)30-47(58(46)96-65(88)76(9)25-28-77(10)66(89)97-69(4,5)6)38-95-64(87)75(8)24-27-79(12)68(91)99-71(14-2)51-34-55-57-45(32-43-20-16-18-22-53(43)73-57)36-81(55)60(83)49(51)40-93-62(71)85/h15-22,29-34H,13-14,23-28,35-40H2,1-12H3/t70-,71-/m0/s1. The molecule has 28 heteroatoms. The van der Waals surface area contributed by atoms with E-state index < -0.39 is 89.6 Å². The first-order valence-electron chi connectivity index (χ1n) is 32.4. The van der Waals surface area contributed by atoms with Crippen LogP contribution in [0.3, 0.4) is 0 Å². The Kier molecular flexibility index (Phi) is 19.2. The lowest BCUT2D eigenvalue weighted by Crippen LogP contribution is -2.49. The highest BCUT2D eigenvalue weighted by molar-refractivity contribution is 5.90. The van der Waals surface area contributed by atoms with Gasteiger partial charge in [-0.15, -0.1) is 0 Å². The fraction of sp³-hybridized carbons (Fsp3) is 0.408. The number of carbonyl (C=O) groups excluding carboxylic acids is 8. The van der Waals surface area contributed by atoms with Gasteiger partial charge in [0.15, 0.2) is 0 Å². The van der Waals surface area contributed by atoms with Crippen molar-refractivity contribution in [3.05, 3.63) is 156 Å². The number of hydrogen-bond acceptors (Lipinski definition) is 20. The highest BCUT2D eigenvalue weighted by atomic mass is 16.6. The number of para-hydroxylation sites is 2. The number of benzene rings is 3. The summed E-state index contributed by atoms with van der Waals surface area (Å²) in [4.78, 5) is 155. The van der Waals surface area contributed by atoms with Gasteiger partial charge in [0.25, 0.3) is 11.1 Å². The highest BCUT2D eigenvalue weighted by Crippen LogP contribution is 2.44. The van der Waals surface area contributed by atoms with Crippen LogP contribution in [-0.2, 0) is 93.5 Å². The number of aryl methyl sites for hydroxylation is 1. The van der Waals surface area contributed by atoms with E-state index in [-0.39, 0.29) is 118 Å². The smallest absolute Gasteiger partial charge is 0.415 e. The molecule has 6 amide bonds. The summed E-state index contributed by atoms with van der Waals surface area (Å²) < 4.78 is 49.4. The summed E-state index contributed by atoms with van der Waals surface area (Å²) in [5.41, 5.74) is 1.27. The molecule has 2 atom stereocenters. The molecule has 520 valence electrons. The zero-order valence-electron chi connectivity index (χ0n) is 57.3. The number of hydrogen-bond donors (Lipinski definition) is 0. The molecule has 0 saturated carbocycles. The van der Waals surface area contributed by atoms with Gasteiger partial charge in [0.1, 0.15) is 37.8 Å². The molecule has 28 nitrogen and oxygen atoms in total. The number of pyridine rings is 4. The fourth-order valence-corrected chi connectivity index (χ4v) is 12.3. The van der Waals surface area contributed by atoms with Crippen LogP contribution in [0.1, 0.15) is 97.5 Å². The van der Waals surface area contributed by atoms with Crippen molar-refractivity contribution in [2.45, 2.75) is 111 Å². The van der Waals surface area contributed by atoms with Crippen LogP contribution in [0.25, 0.3) is 44.6 Å². The average molecular weight is 1360 g/mol. The number of nitrogens with zero attached hydrogens (tertiary/aromatic N) is 10. The summed E-state index contributed by atoms with van der Waals surface area (Å²) in [7, 11) is 8.64. The van der Waals surface area contributed by atoms with Crippen LogP contribution in [0.2, 0.25) is 0 Å². The maximum atomic E-state index is 14.1. The molecule has 0 N–H and O–H groups in total. The van der Waals surface area contributed by atoms with Crippen LogP contribution < -0.4 is 15.9 Å². The zero-order chi connectivity index (χ0) is 71.2. The molecule has 7 aromatic rings. The largest absolute Gasteiger partial charge is 0.457 e. The number of ether oxygens (including phenoxy) is 8. The Balaban J connectivity index is 0.741. The number of carbonyl (C=O) groups is 8. The van der Waals surface area contributed by atoms with E-state index in [0.29, 0.717) is 28.3 Å². The lowest BCUT2D eigenvalue weighted by atomic mass is 9.85. The predicted octanol–water partition coefficient (Wildman–Crippen LogP) is 8.77. The molecular formula is C71H78N10O18. The monoisotopic (exact) mass is 1360 g/mol. The molecule has 4 aromatic heterocycles. The van der Waals surface area contributed by atoms with Crippen LogP contribution in [0.4, 0.5) is 28.8 Å². The van der Waals surface area contributed by atoms with Crippen molar-refractivity contribution < 1.29 is 76.3 Å². The van der Waals surface area contributed by atoms with Gasteiger partial charge in [0.2, 0.25) is 11.2 Å². The molecule has 0 fully saturated rings. The van der Waals surface area contributed by atoms with Gasteiger partial charge < -0.3 is 76.4 Å². The van der Waals surface area contributed by atoms with Gasteiger partial charge in [0.05, 0.1) is 58.0 Å². The Bertz CT molecular complexity index is 4350. The van der Waals surface area contributed by atoms with Gasteiger partial charge in [-0.05, 0) is 89.1 Å². The summed E-state index contributed by atoms with van der Waals surface area (Å²) in [5.74, 6) is -1.82. The molecule has 4 aliphatic heterocycles. The predicted molar refractivity (Wildman–Crippen MR) is 357 cm³/mol. The molecule has 0 spiro atoms. The number of rotatable bonds is 18. The molecule has 0 bridgehead atoms. The number of fused-ring (bicyclic) bond motifs is 10. The summed E-state index contributed by atoms with van der Waals surface area (Å²) >= 11 is 0. The van der Waals surface area contributed by atoms with E-state index in [4.69, 9.17) is 47.9 Å². The average Bonchev–Trinajstić information content (AvgIpc) is 1.69. The van der Waals surface area contributed by atoms with Crippen molar-refractivity contribution in [3.63, 3.8) is 0 Å². The van der Waals surface area contributed by atoms with Crippen molar-refractivity contribution >= 4 is 70.3 Å². The summed E-state index contributed by atoms with van der Waals surface area (Å²) in [6.07, 6.45) is -5.29. The second kappa shape index (κ2) is 27.5. The van der Waals surface area contributed by atoms with Gasteiger partial charge in [-0.25, -0.2) is 48.3 Å². The molecule has 3 aromatic carbocycles. The third-order valence-electron chi connectivity index (χ3n) is 18.1. The maximum Gasteiger partial charge on any atom is 0.415 e. The van der Waals surface area contributed by atoms with Crippen LogP contribution in [0, 0.1) is 6.92 Å². The second-order valence-corrected chi connectivity index (χ2v) is 26.2. The van der Waals surface area contributed by atoms with Crippen LogP contribution in [0.5, 0.6) is 5.75 Å². The first kappa shape index (κ1) is 69.3. The molecule has 4 aliphatic rings. The van der Waals surface area contributed by atoms with Gasteiger partial charge in [-0.1, -0.05) is 55.8 Å². The minimum absolute atomic E-state index is 0.0125. The third-order valence-corrected chi connectivity index (χ3v) is 18.1. The molecule has 99 heavy (non-hydrogen) atoms. The quantitative estimate of drug-likeness (QED) is 0.0572. The number of aromatic nitrogens is 4. The van der Waals surface area contributed by atoms with Crippen molar-refractivity contribution in [2.75, 3.05) is 81.6 Å². The number of esters is 2. The van der Waals surface area contributed by atoms with Crippen molar-refractivity contribution in [1.82, 2.24) is 48.5 Å². The molecule has 0 aliphatic carbocycles. The number of cyclic esters (lactones) is 2. The van der Waals surface area contributed by atoms with Crippen LogP contribution >= 0.6 is 0 Å². The van der Waals surface area contributed by atoms with E-state index in [2.05, 4.69) is 0 Å². The van der Waals surface area contributed by atoms with Gasteiger partial charge in [-0.3, -0.25) is 9.59 Å². The first-order chi connectivity index (χ1) is 47.0. The molecule has 0 saturated heterocycles. The van der Waals surface area contributed by atoms with Crippen molar-refractivity contribution in [1.29, 1.82) is 0 Å². The van der Waals surface area contributed by atoms with Gasteiger partial charge >= 0.3 is 48.5 Å². The molecule has 0 radical (unpaired) electrons. The van der Waals surface area contributed by atoms with Crippen LogP contribution in [0.15, 0.2) is 94.5 Å². The van der Waals surface area contributed by atoms with Gasteiger partial charge in [0, 0.05) is 126 Å².